The third-order valence-electron chi connectivity index (χ3n) is 3.37. The summed E-state index contributed by atoms with van der Waals surface area (Å²) >= 11 is 0. The van der Waals surface area contributed by atoms with Gasteiger partial charge in [-0.3, -0.25) is 4.79 Å². The van der Waals surface area contributed by atoms with Crippen molar-refractivity contribution in [3.8, 4) is 0 Å². The standard InChI is InChI=1S/C13H26N2O2/c1-3-8-15(9-5-7-14)13(16)11-6-10-17-12(11)4-2/h11-12H,3-10,14H2,1-2H3. The van der Waals surface area contributed by atoms with Crippen LogP contribution in [-0.2, 0) is 9.53 Å². The Morgan fingerprint density at radius 1 is 1.41 bits per heavy atom. The van der Waals surface area contributed by atoms with Crippen LogP contribution >= 0.6 is 0 Å². The normalized spacial score (nSPS) is 23.9. The van der Waals surface area contributed by atoms with Crippen LogP contribution < -0.4 is 5.73 Å². The maximum atomic E-state index is 12.4. The minimum Gasteiger partial charge on any atom is -0.377 e. The van der Waals surface area contributed by atoms with E-state index in [0.29, 0.717) is 6.54 Å². The molecular formula is C13H26N2O2. The van der Waals surface area contributed by atoms with Crippen molar-refractivity contribution in [3.63, 3.8) is 0 Å². The van der Waals surface area contributed by atoms with E-state index in [2.05, 4.69) is 13.8 Å². The maximum absolute atomic E-state index is 12.4. The highest BCUT2D eigenvalue weighted by Gasteiger charge is 2.34. The van der Waals surface area contributed by atoms with Gasteiger partial charge in [0.05, 0.1) is 12.0 Å². The number of ether oxygens (including phenoxy) is 1. The molecule has 1 rings (SSSR count). The van der Waals surface area contributed by atoms with Gasteiger partial charge in [0.1, 0.15) is 0 Å². The third-order valence-corrected chi connectivity index (χ3v) is 3.37. The van der Waals surface area contributed by atoms with Crippen LogP contribution in [0.5, 0.6) is 0 Å². The Bertz CT molecular complexity index is 233. The number of amides is 1. The summed E-state index contributed by atoms with van der Waals surface area (Å²) in [6.45, 7) is 7.19. The number of nitrogens with zero attached hydrogens (tertiary/aromatic N) is 1. The minimum absolute atomic E-state index is 0.0734. The van der Waals surface area contributed by atoms with Crippen LogP contribution in [0.15, 0.2) is 0 Å². The van der Waals surface area contributed by atoms with E-state index >= 15 is 0 Å². The van der Waals surface area contributed by atoms with Gasteiger partial charge in [-0.1, -0.05) is 13.8 Å². The fourth-order valence-electron chi connectivity index (χ4n) is 2.45. The van der Waals surface area contributed by atoms with Crippen molar-refractivity contribution in [1.29, 1.82) is 0 Å². The Kier molecular flexibility index (Phi) is 6.52. The summed E-state index contributed by atoms with van der Waals surface area (Å²) in [5.41, 5.74) is 5.52. The Morgan fingerprint density at radius 3 is 2.76 bits per heavy atom. The molecule has 0 saturated carbocycles. The van der Waals surface area contributed by atoms with Crippen molar-refractivity contribution in [2.45, 2.75) is 45.6 Å². The molecule has 1 amide bonds. The van der Waals surface area contributed by atoms with Crippen molar-refractivity contribution >= 4 is 5.91 Å². The average Bonchev–Trinajstić information content (AvgIpc) is 2.81. The van der Waals surface area contributed by atoms with Gasteiger partial charge in [-0.25, -0.2) is 0 Å². The second-order valence-electron chi connectivity index (χ2n) is 4.68. The predicted octanol–water partition coefficient (Wildman–Crippen LogP) is 1.39. The fourth-order valence-corrected chi connectivity index (χ4v) is 2.45. The fraction of sp³-hybridized carbons (Fsp3) is 0.923. The van der Waals surface area contributed by atoms with Crippen LogP contribution in [0.1, 0.15) is 39.5 Å². The molecule has 0 radical (unpaired) electrons. The Hall–Kier alpha value is -0.610. The first-order valence-corrected chi connectivity index (χ1v) is 6.85. The molecule has 0 aromatic rings. The van der Waals surface area contributed by atoms with Crippen LogP contribution in [-0.4, -0.2) is 43.2 Å². The van der Waals surface area contributed by atoms with Gasteiger partial charge in [-0.15, -0.1) is 0 Å². The molecule has 2 atom stereocenters. The summed E-state index contributed by atoms with van der Waals surface area (Å²) < 4.78 is 5.60. The second-order valence-corrected chi connectivity index (χ2v) is 4.68. The first-order chi connectivity index (χ1) is 8.24. The van der Waals surface area contributed by atoms with E-state index in [-0.39, 0.29) is 17.9 Å². The highest BCUT2D eigenvalue weighted by molar-refractivity contribution is 5.79. The predicted molar refractivity (Wildman–Crippen MR) is 68.7 cm³/mol. The van der Waals surface area contributed by atoms with Crippen LogP contribution in [0.25, 0.3) is 0 Å². The molecule has 0 aromatic carbocycles. The topological polar surface area (TPSA) is 55.6 Å². The lowest BCUT2D eigenvalue weighted by Gasteiger charge is -2.27. The van der Waals surface area contributed by atoms with Gasteiger partial charge in [0.2, 0.25) is 5.91 Å². The Labute approximate surface area is 104 Å². The van der Waals surface area contributed by atoms with Crippen molar-refractivity contribution in [3.05, 3.63) is 0 Å². The zero-order chi connectivity index (χ0) is 12.7. The quantitative estimate of drug-likeness (QED) is 0.734. The molecule has 4 heteroatoms. The number of carbonyl (C=O) groups is 1. The van der Waals surface area contributed by atoms with Crippen molar-refractivity contribution in [1.82, 2.24) is 4.90 Å². The molecule has 100 valence electrons. The average molecular weight is 242 g/mol. The molecule has 1 saturated heterocycles. The lowest BCUT2D eigenvalue weighted by atomic mass is 9.97. The molecule has 2 N–H and O–H groups in total. The van der Waals surface area contributed by atoms with Crippen LogP contribution in [0.3, 0.4) is 0 Å². The third kappa shape index (κ3) is 3.96. The molecule has 0 bridgehead atoms. The molecule has 4 nitrogen and oxygen atoms in total. The molecule has 0 aliphatic carbocycles. The van der Waals surface area contributed by atoms with E-state index in [4.69, 9.17) is 10.5 Å². The van der Waals surface area contributed by atoms with Gasteiger partial charge in [-0.2, -0.15) is 0 Å². The molecular weight excluding hydrogens is 216 g/mol. The van der Waals surface area contributed by atoms with Crippen LogP contribution in [0.2, 0.25) is 0 Å². The molecule has 1 fully saturated rings. The Morgan fingerprint density at radius 2 is 2.18 bits per heavy atom. The summed E-state index contributed by atoms with van der Waals surface area (Å²) in [7, 11) is 0. The minimum atomic E-state index is 0.0734. The molecule has 0 spiro atoms. The van der Waals surface area contributed by atoms with Gasteiger partial charge in [0, 0.05) is 19.7 Å². The highest BCUT2D eigenvalue weighted by atomic mass is 16.5. The van der Waals surface area contributed by atoms with Gasteiger partial charge in [-0.05, 0) is 32.2 Å². The molecule has 1 aliphatic rings. The first-order valence-electron chi connectivity index (χ1n) is 6.85. The lowest BCUT2D eigenvalue weighted by Crippen LogP contribution is -2.40. The molecule has 0 aromatic heterocycles. The summed E-state index contributed by atoms with van der Waals surface area (Å²) in [4.78, 5) is 14.4. The number of rotatable bonds is 7. The van der Waals surface area contributed by atoms with Crippen LogP contribution in [0, 0.1) is 5.92 Å². The number of hydrogen-bond acceptors (Lipinski definition) is 3. The monoisotopic (exact) mass is 242 g/mol. The van der Waals surface area contributed by atoms with E-state index < -0.39 is 0 Å². The lowest BCUT2D eigenvalue weighted by molar-refractivity contribution is -0.137. The van der Waals surface area contributed by atoms with E-state index in [1.807, 2.05) is 4.90 Å². The number of carbonyl (C=O) groups excluding carboxylic acids is 1. The second kappa shape index (κ2) is 7.67. The van der Waals surface area contributed by atoms with E-state index in [1.165, 1.54) is 0 Å². The molecule has 1 heterocycles. The van der Waals surface area contributed by atoms with E-state index in [0.717, 1.165) is 45.4 Å². The first kappa shape index (κ1) is 14.5. The van der Waals surface area contributed by atoms with Gasteiger partial charge >= 0.3 is 0 Å². The molecule has 17 heavy (non-hydrogen) atoms. The maximum Gasteiger partial charge on any atom is 0.228 e. The van der Waals surface area contributed by atoms with Gasteiger partial charge in [0.15, 0.2) is 0 Å². The van der Waals surface area contributed by atoms with E-state index in [9.17, 15) is 4.79 Å². The summed E-state index contributed by atoms with van der Waals surface area (Å²) in [5, 5.41) is 0. The van der Waals surface area contributed by atoms with Gasteiger partial charge < -0.3 is 15.4 Å². The van der Waals surface area contributed by atoms with Gasteiger partial charge in [0.25, 0.3) is 0 Å². The molecule has 1 aliphatic heterocycles. The smallest absolute Gasteiger partial charge is 0.228 e. The molecule has 2 unspecified atom stereocenters. The van der Waals surface area contributed by atoms with Crippen LogP contribution in [0.4, 0.5) is 0 Å². The Balaban J connectivity index is 2.56. The van der Waals surface area contributed by atoms with Crippen molar-refractivity contribution in [2.24, 2.45) is 11.7 Å². The SMILES string of the molecule is CCCN(CCCN)C(=O)C1CCOC1CC. The summed E-state index contributed by atoms with van der Waals surface area (Å²) in [6.07, 6.45) is 3.81. The van der Waals surface area contributed by atoms with Crippen molar-refractivity contribution < 1.29 is 9.53 Å². The zero-order valence-corrected chi connectivity index (χ0v) is 11.2. The largest absolute Gasteiger partial charge is 0.377 e. The zero-order valence-electron chi connectivity index (χ0n) is 11.2. The number of hydrogen-bond donors (Lipinski definition) is 1. The van der Waals surface area contributed by atoms with E-state index in [1.54, 1.807) is 0 Å². The highest BCUT2D eigenvalue weighted by Crippen LogP contribution is 2.25. The van der Waals surface area contributed by atoms with Crippen molar-refractivity contribution in [2.75, 3.05) is 26.2 Å². The number of nitrogens with two attached hydrogens (primary N) is 1. The summed E-state index contributed by atoms with van der Waals surface area (Å²) in [6, 6.07) is 0. The summed E-state index contributed by atoms with van der Waals surface area (Å²) in [5.74, 6) is 0.342.